The lowest BCUT2D eigenvalue weighted by Gasteiger charge is -2.28. The quantitative estimate of drug-likeness (QED) is 0.826. The number of hydrogen-bond acceptors (Lipinski definition) is 4. The fraction of sp³-hybridized carbons (Fsp3) is 0.500. The number of nitrogens with zero attached hydrogens (tertiary/aromatic N) is 4. The molecule has 0 radical (unpaired) electrons. The van der Waals surface area contributed by atoms with Gasteiger partial charge in [0.15, 0.2) is 11.5 Å². The third kappa shape index (κ3) is 1.86. The minimum Gasteiger partial charge on any atom is -0.351 e. The number of rotatable bonds is 2. The van der Waals surface area contributed by atoms with E-state index in [0.717, 1.165) is 49.8 Å². The Balaban J connectivity index is 2.05. The van der Waals surface area contributed by atoms with E-state index >= 15 is 0 Å². The number of hydrogen-bond donors (Lipinski definition) is 1. The monoisotopic (exact) mass is 231 g/mol. The average Bonchev–Trinajstić information content (AvgIpc) is 2.82. The van der Waals surface area contributed by atoms with Crippen LogP contribution in [0.1, 0.15) is 12.6 Å². The summed E-state index contributed by atoms with van der Waals surface area (Å²) in [6, 6.07) is 0. The van der Waals surface area contributed by atoms with E-state index in [1.165, 1.54) is 0 Å². The predicted molar refractivity (Wildman–Crippen MR) is 67.4 cm³/mol. The van der Waals surface area contributed by atoms with E-state index in [9.17, 15) is 0 Å². The maximum absolute atomic E-state index is 4.64. The number of aryl methyl sites for hydroxylation is 1. The van der Waals surface area contributed by atoms with Crippen molar-refractivity contribution in [2.24, 2.45) is 0 Å². The van der Waals surface area contributed by atoms with Crippen LogP contribution in [-0.2, 0) is 6.42 Å². The second-order valence-electron chi connectivity index (χ2n) is 4.30. The van der Waals surface area contributed by atoms with Gasteiger partial charge in [-0.15, -0.1) is 0 Å². The van der Waals surface area contributed by atoms with Gasteiger partial charge in [0, 0.05) is 44.8 Å². The zero-order valence-corrected chi connectivity index (χ0v) is 10.1. The van der Waals surface area contributed by atoms with E-state index in [1.54, 1.807) is 0 Å². The Bertz CT molecular complexity index is 513. The standard InChI is InChI=1S/C12H17N5/c1-2-10-9-17-8-5-14-11(12(17)15-10)16-6-3-13-4-7-16/h5,8-9,13H,2-4,6-7H2,1H3. The summed E-state index contributed by atoms with van der Waals surface area (Å²) in [5, 5.41) is 3.35. The Morgan fingerprint density at radius 1 is 1.35 bits per heavy atom. The highest BCUT2D eigenvalue weighted by Crippen LogP contribution is 2.18. The SMILES string of the molecule is CCc1cn2ccnc(N3CCNCC3)c2n1. The molecule has 5 nitrogen and oxygen atoms in total. The van der Waals surface area contributed by atoms with Crippen molar-refractivity contribution in [3.8, 4) is 0 Å². The highest BCUT2D eigenvalue weighted by molar-refractivity contribution is 5.64. The highest BCUT2D eigenvalue weighted by Gasteiger charge is 2.16. The fourth-order valence-electron chi connectivity index (χ4n) is 2.23. The summed E-state index contributed by atoms with van der Waals surface area (Å²) in [5.41, 5.74) is 2.10. The van der Waals surface area contributed by atoms with Gasteiger partial charge in [0.05, 0.1) is 5.69 Å². The molecule has 3 rings (SSSR count). The smallest absolute Gasteiger partial charge is 0.180 e. The molecule has 2 aromatic heterocycles. The van der Waals surface area contributed by atoms with Crippen LogP contribution in [0, 0.1) is 0 Å². The first kappa shape index (κ1) is 10.5. The molecule has 3 heterocycles. The minimum atomic E-state index is 0.961. The first-order valence-electron chi connectivity index (χ1n) is 6.16. The van der Waals surface area contributed by atoms with Gasteiger partial charge >= 0.3 is 0 Å². The summed E-state index contributed by atoms with van der Waals surface area (Å²) in [4.78, 5) is 11.4. The van der Waals surface area contributed by atoms with Crippen LogP contribution in [0.15, 0.2) is 18.6 Å². The molecule has 90 valence electrons. The lowest BCUT2D eigenvalue weighted by Crippen LogP contribution is -2.44. The number of imidazole rings is 1. The lowest BCUT2D eigenvalue weighted by atomic mass is 10.3. The lowest BCUT2D eigenvalue weighted by molar-refractivity contribution is 0.585. The molecule has 0 saturated carbocycles. The molecule has 2 aromatic rings. The molecule has 0 aromatic carbocycles. The number of aromatic nitrogens is 3. The number of anilines is 1. The Morgan fingerprint density at radius 3 is 2.94 bits per heavy atom. The fourth-order valence-corrected chi connectivity index (χ4v) is 2.23. The van der Waals surface area contributed by atoms with Crippen LogP contribution in [0.3, 0.4) is 0 Å². The Hall–Kier alpha value is -1.62. The molecular formula is C12H17N5. The van der Waals surface area contributed by atoms with Crippen LogP contribution in [0.5, 0.6) is 0 Å². The molecule has 1 aliphatic heterocycles. The average molecular weight is 231 g/mol. The predicted octanol–water partition coefficient (Wildman–Crippen LogP) is 0.701. The van der Waals surface area contributed by atoms with Gasteiger partial charge in [-0.25, -0.2) is 9.97 Å². The maximum atomic E-state index is 4.64. The summed E-state index contributed by atoms with van der Waals surface area (Å²) >= 11 is 0. The molecule has 1 aliphatic rings. The van der Waals surface area contributed by atoms with Crippen LogP contribution in [0.4, 0.5) is 5.82 Å². The van der Waals surface area contributed by atoms with Crippen molar-refractivity contribution >= 4 is 11.5 Å². The highest BCUT2D eigenvalue weighted by atomic mass is 15.3. The van der Waals surface area contributed by atoms with E-state index in [2.05, 4.69) is 37.7 Å². The largest absolute Gasteiger partial charge is 0.351 e. The Morgan fingerprint density at radius 2 is 2.18 bits per heavy atom. The normalized spacial score (nSPS) is 16.6. The summed E-state index contributed by atoms with van der Waals surface area (Å²) in [6.45, 7) is 6.16. The van der Waals surface area contributed by atoms with Crippen molar-refractivity contribution in [1.82, 2.24) is 19.7 Å². The van der Waals surface area contributed by atoms with Crippen molar-refractivity contribution in [3.63, 3.8) is 0 Å². The zero-order valence-electron chi connectivity index (χ0n) is 10.1. The van der Waals surface area contributed by atoms with Gasteiger partial charge in [0.2, 0.25) is 0 Å². The molecular weight excluding hydrogens is 214 g/mol. The van der Waals surface area contributed by atoms with Crippen molar-refractivity contribution in [2.45, 2.75) is 13.3 Å². The summed E-state index contributed by atoms with van der Waals surface area (Å²) in [5.74, 6) is 1.01. The molecule has 0 unspecified atom stereocenters. The molecule has 0 atom stereocenters. The Kier molecular flexibility index (Phi) is 2.68. The molecule has 17 heavy (non-hydrogen) atoms. The van der Waals surface area contributed by atoms with Crippen molar-refractivity contribution in [3.05, 3.63) is 24.3 Å². The molecule has 0 amide bonds. The number of piperazine rings is 1. The summed E-state index contributed by atoms with van der Waals surface area (Å²) in [7, 11) is 0. The van der Waals surface area contributed by atoms with Gasteiger partial charge in [0.1, 0.15) is 0 Å². The maximum Gasteiger partial charge on any atom is 0.180 e. The first-order chi connectivity index (χ1) is 8.38. The van der Waals surface area contributed by atoms with Gasteiger partial charge in [-0.1, -0.05) is 6.92 Å². The van der Waals surface area contributed by atoms with Crippen molar-refractivity contribution < 1.29 is 0 Å². The van der Waals surface area contributed by atoms with Gasteiger partial charge in [-0.05, 0) is 6.42 Å². The molecule has 0 bridgehead atoms. The van der Waals surface area contributed by atoms with Crippen molar-refractivity contribution in [1.29, 1.82) is 0 Å². The second-order valence-corrected chi connectivity index (χ2v) is 4.30. The summed E-state index contributed by atoms with van der Waals surface area (Å²) in [6.07, 6.45) is 6.87. The zero-order chi connectivity index (χ0) is 11.7. The van der Waals surface area contributed by atoms with Crippen LogP contribution in [-0.4, -0.2) is 40.5 Å². The van der Waals surface area contributed by atoms with Crippen LogP contribution in [0.25, 0.3) is 5.65 Å². The third-order valence-electron chi connectivity index (χ3n) is 3.19. The van der Waals surface area contributed by atoms with Crippen LogP contribution >= 0.6 is 0 Å². The first-order valence-corrected chi connectivity index (χ1v) is 6.16. The minimum absolute atomic E-state index is 0.961. The van der Waals surface area contributed by atoms with Gasteiger partial charge in [0.25, 0.3) is 0 Å². The van der Waals surface area contributed by atoms with Gasteiger partial charge < -0.3 is 14.6 Å². The Labute approximate surface area is 100 Å². The second kappa shape index (κ2) is 4.33. The van der Waals surface area contributed by atoms with E-state index in [1.807, 2.05) is 12.4 Å². The summed E-state index contributed by atoms with van der Waals surface area (Å²) < 4.78 is 2.07. The van der Waals surface area contributed by atoms with Gasteiger partial charge in [-0.2, -0.15) is 0 Å². The number of fused-ring (bicyclic) bond motifs is 1. The van der Waals surface area contributed by atoms with E-state index in [-0.39, 0.29) is 0 Å². The molecule has 0 spiro atoms. The van der Waals surface area contributed by atoms with E-state index in [0.29, 0.717) is 0 Å². The molecule has 0 aliphatic carbocycles. The molecule has 1 fully saturated rings. The third-order valence-corrected chi connectivity index (χ3v) is 3.19. The van der Waals surface area contributed by atoms with E-state index in [4.69, 9.17) is 0 Å². The van der Waals surface area contributed by atoms with Crippen LogP contribution in [0.2, 0.25) is 0 Å². The molecule has 5 heteroatoms. The molecule has 1 saturated heterocycles. The van der Waals surface area contributed by atoms with Crippen molar-refractivity contribution in [2.75, 3.05) is 31.1 Å². The number of nitrogens with one attached hydrogen (secondary N) is 1. The van der Waals surface area contributed by atoms with Gasteiger partial charge in [-0.3, -0.25) is 0 Å². The molecule has 1 N–H and O–H groups in total. The topological polar surface area (TPSA) is 45.5 Å². The van der Waals surface area contributed by atoms with Crippen LogP contribution < -0.4 is 10.2 Å². The van der Waals surface area contributed by atoms with E-state index < -0.39 is 0 Å².